The van der Waals surface area contributed by atoms with Gasteiger partial charge < -0.3 is 15.5 Å². The van der Waals surface area contributed by atoms with Gasteiger partial charge in [0.2, 0.25) is 5.91 Å². The molecule has 1 atom stereocenters. The molecule has 0 unspecified atom stereocenters. The predicted octanol–water partition coefficient (Wildman–Crippen LogP) is 5.16. The molecular formula is C31H38N8O2S. The first-order valence-corrected chi connectivity index (χ1v) is 15.0. The van der Waals surface area contributed by atoms with E-state index < -0.39 is 0 Å². The van der Waals surface area contributed by atoms with Crippen molar-refractivity contribution in [3.63, 3.8) is 0 Å². The van der Waals surface area contributed by atoms with Gasteiger partial charge in [0.1, 0.15) is 22.9 Å². The third-order valence-electron chi connectivity index (χ3n) is 7.32. The van der Waals surface area contributed by atoms with Crippen LogP contribution in [0.5, 0.6) is 0 Å². The Labute approximate surface area is 250 Å². The van der Waals surface area contributed by atoms with Crippen LogP contribution in [-0.2, 0) is 10.2 Å². The first-order chi connectivity index (χ1) is 20.0. The van der Waals surface area contributed by atoms with Crippen molar-refractivity contribution >= 4 is 39.6 Å². The zero-order valence-corrected chi connectivity index (χ0v) is 25.6. The predicted molar refractivity (Wildman–Crippen MR) is 168 cm³/mol. The number of nitrogens with two attached hydrogens (primary N) is 1. The molecule has 1 saturated heterocycles. The Kier molecular flexibility index (Phi) is 8.42. The minimum Gasteiger partial charge on any atom is -0.382 e. The number of hydrogen-bond donors (Lipinski definition) is 2. The van der Waals surface area contributed by atoms with Gasteiger partial charge in [-0.25, -0.2) is 15.0 Å². The monoisotopic (exact) mass is 586 g/mol. The standard InChI is InChI=1S/C31H38N8O2S/c1-31(2,3)23-19-42-30(34-23)36-29(41)21-11-8-10-20(18-21)25-26-27(32)33-14-17-39(26)28(35-25)22-12-6-7-16-38(22)24(40)13-9-15-37(4)5/h8-11,13-14,17-19,22H,6-7,12,15-16H2,1-5H3,(H2,32,33)(H,34,36,41)/b13-9+/t22-/m0/s1. The summed E-state index contributed by atoms with van der Waals surface area (Å²) >= 11 is 1.41. The van der Waals surface area contributed by atoms with Crippen LogP contribution in [0.25, 0.3) is 16.8 Å². The number of rotatable bonds is 7. The number of amides is 2. The number of hydrogen-bond acceptors (Lipinski definition) is 8. The molecule has 3 N–H and O–H groups in total. The van der Waals surface area contributed by atoms with E-state index in [1.165, 1.54) is 11.3 Å². The molecule has 4 heterocycles. The smallest absolute Gasteiger partial charge is 0.257 e. The van der Waals surface area contributed by atoms with E-state index in [4.69, 9.17) is 10.7 Å². The lowest BCUT2D eigenvalue weighted by atomic mass is 9.93. The van der Waals surface area contributed by atoms with Gasteiger partial charge in [-0.15, -0.1) is 11.3 Å². The number of carbonyl (C=O) groups excluding carboxylic acids is 2. The Morgan fingerprint density at radius 2 is 2.02 bits per heavy atom. The number of thiazole rings is 1. The fourth-order valence-electron chi connectivity index (χ4n) is 5.10. The Balaban J connectivity index is 1.49. The van der Waals surface area contributed by atoms with Gasteiger partial charge in [0.15, 0.2) is 5.13 Å². The minimum absolute atomic E-state index is 0.0302. The summed E-state index contributed by atoms with van der Waals surface area (Å²) in [5.41, 5.74) is 9.72. The number of anilines is 2. The van der Waals surface area contributed by atoms with E-state index in [1.807, 2.05) is 58.1 Å². The molecule has 5 rings (SSSR count). The van der Waals surface area contributed by atoms with Crippen molar-refractivity contribution in [2.75, 3.05) is 38.2 Å². The second-order valence-electron chi connectivity index (χ2n) is 11.9. The van der Waals surface area contributed by atoms with Crippen LogP contribution >= 0.6 is 11.3 Å². The summed E-state index contributed by atoms with van der Waals surface area (Å²) in [6.07, 6.45) is 9.74. The Hall–Kier alpha value is -4.09. The van der Waals surface area contributed by atoms with Crippen LogP contribution in [0.15, 0.2) is 54.2 Å². The number of benzene rings is 1. The zero-order valence-electron chi connectivity index (χ0n) is 24.8. The average molecular weight is 587 g/mol. The lowest BCUT2D eigenvalue weighted by Crippen LogP contribution is -2.38. The SMILES string of the molecule is CN(C)C/C=C/C(=O)N1CCCC[C@H]1c1nc(-c2cccc(C(=O)Nc3nc(C(C)(C)C)cs3)c2)c2c(N)nccn12. The molecule has 1 fully saturated rings. The summed E-state index contributed by atoms with van der Waals surface area (Å²) < 4.78 is 1.94. The van der Waals surface area contributed by atoms with Crippen molar-refractivity contribution in [3.05, 3.63) is 71.3 Å². The van der Waals surface area contributed by atoms with Crippen LogP contribution in [0, 0.1) is 0 Å². The van der Waals surface area contributed by atoms with Crippen LogP contribution in [-0.4, -0.2) is 68.2 Å². The minimum atomic E-state index is -0.255. The highest BCUT2D eigenvalue weighted by atomic mass is 32.1. The molecule has 0 spiro atoms. The highest BCUT2D eigenvalue weighted by Crippen LogP contribution is 2.36. The summed E-state index contributed by atoms with van der Waals surface area (Å²) in [6, 6.07) is 7.09. The number of carbonyl (C=O) groups is 2. The van der Waals surface area contributed by atoms with Crippen molar-refractivity contribution in [1.82, 2.24) is 29.2 Å². The van der Waals surface area contributed by atoms with Crippen LogP contribution in [0.2, 0.25) is 0 Å². The number of aromatic nitrogens is 4. The third kappa shape index (κ3) is 6.22. The number of likely N-dealkylation sites (tertiary alicyclic amines) is 1. The molecule has 11 heteroatoms. The first kappa shape index (κ1) is 29.4. The molecule has 0 bridgehead atoms. The van der Waals surface area contributed by atoms with Crippen molar-refractivity contribution in [3.8, 4) is 11.3 Å². The normalized spacial score (nSPS) is 16.0. The molecule has 42 heavy (non-hydrogen) atoms. The fraction of sp³-hybridized carbons (Fsp3) is 0.387. The van der Waals surface area contributed by atoms with Crippen molar-refractivity contribution < 1.29 is 9.59 Å². The average Bonchev–Trinajstić information content (AvgIpc) is 3.59. The molecule has 0 saturated carbocycles. The zero-order chi connectivity index (χ0) is 30.0. The summed E-state index contributed by atoms with van der Waals surface area (Å²) in [7, 11) is 3.94. The van der Waals surface area contributed by atoms with Gasteiger partial charge in [-0.1, -0.05) is 39.0 Å². The fourth-order valence-corrected chi connectivity index (χ4v) is 6.03. The van der Waals surface area contributed by atoms with E-state index in [1.54, 1.807) is 24.4 Å². The molecule has 1 aliphatic rings. The quantitative estimate of drug-likeness (QED) is 0.287. The Bertz CT molecular complexity index is 1630. The van der Waals surface area contributed by atoms with Gasteiger partial charge in [-0.3, -0.25) is 19.3 Å². The van der Waals surface area contributed by atoms with Gasteiger partial charge in [0.05, 0.1) is 11.7 Å². The second-order valence-corrected chi connectivity index (χ2v) is 12.7. The van der Waals surface area contributed by atoms with Crippen LogP contribution in [0.1, 0.15) is 68.0 Å². The molecule has 0 radical (unpaired) electrons. The Morgan fingerprint density at radius 1 is 1.21 bits per heavy atom. The van der Waals surface area contributed by atoms with Gasteiger partial charge in [0, 0.05) is 53.5 Å². The third-order valence-corrected chi connectivity index (χ3v) is 8.07. The summed E-state index contributed by atoms with van der Waals surface area (Å²) in [5, 5.41) is 5.45. The molecule has 4 aromatic rings. The van der Waals surface area contributed by atoms with Gasteiger partial charge in [0.25, 0.3) is 5.91 Å². The molecular weight excluding hydrogens is 548 g/mol. The maximum atomic E-state index is 13.3. The number of fused-ring (bicyclic) bond motifs is 1. The maximum Gasteiger partial charge on any atom is 0.257 e. The van der Waals surface area contributed by atoms with Crippen molar-refractivity contribution in [1.29, 1.82) is 0 Å². The Morgan fingerprint density at radius 3 is 2.76 bits per heavy atom. The highest BCUT2D eigenvalue weighted by molar-refractivity contribution is 7.14. The van der Waals surface area contributed by atoms with E-state index in [-0.39, 0.29) is 23.3 Å². The molecule has 220 valence electrons. The summed E-state index contributed by atoms with van der Waals surface area (Å²) in [4.78, 5) is 44.4. The largest absolute Gasteiger partial charge is 0.382 e. The van der Waals surface area contributed by atoms with Crippen LogP contribution in [0.3, 0.4) is 0 Å². The number of imidazole rings is 1. The van der Waals surface area contributed by atoms with Gasteiger partial charge in [-0.05, 0) is 45.5 Å². The highest BCUT2D eigenvalue weighted by Gasteiger charge is 2.32. The van der Waals surface area contributed by atoms with Crippen molar-refractivity contribution in [2.24, 2.45) is 0 Å². The molecule has 0 aliphatic carbocycles. The maximum absolute atomic E-state index is 13.3. The van der Waals surface area contributed by atoms with E-state index >= 15 is 0 Å². The van der Waals surface area contributed by atoms with Crippen LogP contribution in [0.4, 0.5) is 10.9 Å². The topological polar surface area (TPSA) is 122 Å². The number of nitrogen functional groups attached to an aromatic ring is 1. The van der Waals surface area contributed by atoms with Gasteiger partial charge >= 0.3 is 0 Å². The number of likely N-dealkylation sites (N-methyl/N-ethyl adjacent to an activating group) is 1. The van der Waals surface area contributed by atoms with Crippen LogP contribution < -0.4 is 11.1 Å². The number of piperidine rings is 1. The van der Waals surface area contributed by atoms with E-state index in [0.29, 0.717) is 40.8 Å². The molecule has 2 amide bonds. The number of nitrogens with zero attached hydrogens (tertiary/aromatic N) is 6. The lowest BCUT2D eigenvalue weighted by molar-refractivity contribution is -0.130. The van der Waals surface area contributed by atoms with E-state index in [2.05, 4.69) is 36.1 Å². The summed E-state index contributed by atoms with van der Waals surface area (Å²) in [6.45, 7) is 7.61. The van der Waals surface area contributed by atoms with E-state index in [0.717, 1.165) is 36.3 Å². The number of nitrogens with one attached hydrogen (secondary N) is 1. The first-order valence-electron chi connectivity index (χ1n) is 14.1. The molecule has 1 aromatic carbocycles. The van der Waals surface area contributed by atoms with E-state index in [9.17, 15) is 9.59 Å². The lowest BCUT2D eigenvalue weighted by Gasteiger charge is -2.34. The molecule has 10 nitrogen and oxygen atoms in total. The molecule has 3 aromatic heterocycles. The molecule has 1 aliphatic heterocycles. The van der Waals surface area contributed by atoms with Gasteiger partial charge in [-0.2, -0.15) is 0 Å². The van der Waals surface area contributed by atoms with Crippen molar-refractivity contribution in [2.45, 2.75) is 51.5 Å². The summed E-state index contributed by atoms with van der Waals surface area (Å²) in [5.74, 6) is 0.779. The second kappa shape index (κ2) is 12.0.